The Bertz CT molecular complexity index is 1050. The van der Waals surface area contributed by atoms with Crippen molar-refractivity contribution in [1.29, 1.82) is 0 Å². The molecule has 2 heterocycles. The molecule has 10 nitrogen and oxygen atoms in total. The van der Waals surface area contributed by atoms with E-state index in [-0.39, 0.29) is 5.89 Å². The van der Waals surface area contributed by atoms with Gasteiger partial charge in [0.25, 0.3) is 11.8 Å². The van der Waals surface area contributed by atoms with E-state index in [2.05, 4.69) is 22.8 Å². The highest BCUT2D eigenvalue weighted by Crippen LogP contribution is 2.35. The molecule has 1 saturated carbocycles. The van der Waals surface area contributed by atoms with Gasteiger partial charge in [0.1, 0.15) is 17.9 Å². The molecular formula is C19H20FN5O5. The second kappa shape index (κ2) is 7.39. The first-order valence-electron chi connectivity index (χ1n) is 9.57. The first-order valence-corrected chi connectivity index (χ1v) is 9.57. The van der Waals surface area contributed by atoms with Crippen molar-refractivity contribution in [3.05, 3.63) is 40.6 Å². The number of nitrogens with zero attached hydrogens (tertiary/aromatic N) is 3. The fourth-order valence-electron chi connectivity index (χ4n) is 3.73. The van der Waals surface area contributed by atoms with Gasteiger partial charge in [-0.15, -0.1) is 5.10 Å². The molecule has 0 atom stereocenters. The molecule has 30 heavy (non-hydrogen) atoms. The molecule has 11 heteroatoms. The minimum Gasteiger partial charge on any atom is -0.388 e. The van der Waals surface area contributed by atoms with Crippen molar-refractivity contribution in [2.45, 2.75) is 44.7 Å². The van der Waals surface area contributed by atoms with E-state index >= 15 is 0 Å². The average molecular weight is 417 g/mol. The Balaban J connectivity index is 1.44. The third-order valence-electron chi connectivity index (χ3n) is 5.52. The van der Waals surface area contributed by atoms with Crippen molar-refractivity contribution >= 4 is 17.8 Å². The van der Waals surface area contributed by atoms with Crippen molar-refractivity contribution in [2.24, 2.45) is 5.92 Å². The molecule has 0 radical (unpaired) electrons. The Labute approximate surface area is 170 Å². The van der Waals surface area contributed by atoms with Crippen molar-refractivity contribution in [3.63, 3.8) is 0 Å². The van der Waals surface area contributed by atoms with E-state index in [4.69, 9.17) is 4.42 Å². The van der Waals surface area contributed by atoms with Crippen molar-refractivity contribution < 1.29 is 23.2 Å². The van der Waals surface area contributed by atoms with Crippen molar-refractivity contribution in [1.82, 2.24) is 25.5 Å². The maximum Gasteiger partial charge on any atom is 0.437 e. The van der Waals surface area contributed by atoms with Gasteiger partial charge in [-0.2, -0.15) is 9.69 Å². The number of carbonyl (C=O) groups excluding carboxylic acids is 3. The van der Waals surface area contributed by atoms with E-state index < -0.39 is 41.5 Å². The lowest BCUT2D eigenvalue weighted by atomic mass is 9.77. The van der Waals surface area contributed by atoms with Gasteiger partial charge in [-0.1, -0.05) is 6.92 Å². The van der Waals surface area contributed by atoms with E-state index in [0.717, 1.165) is 17.5 Å². The minimum absolute atomic E-state index is 0.0851. The van der Waals surface area contributed by atoms with Gasteiger partial charge >= 0.3 is 11.8 Å². The highest BCUT2D eigenvalue weighted by molar-refractivity contribution is 6.08. The van der Waals surface area contributed by atoms with Crippen LogP contribution in [0, 0.1) is 11.7 Å². The molecule has 1 aliphatic heterocycles. The summed E-state index contributed by atoms with van der Waals surface area (Å²) in [7, 11) is 0. The molecule has 0 bridgehead atoms. The van der Waals surface area contributed by atoms with E-state index in [1.165, 1.54) is 24.3 Å². The zero-order chi connectivity index (χ0) is 21.5. The zero-order valence-corrected chi connectivity index (χ0v) is 16.2. The molecule has 2 N–H and O–H groups in total. The number of hydrogen-bond donors (Lipinski definition) is 2. The highest BCUT2D eigenvalue weighted by atomic mass is 19.1. The maximum atomic E-state index is 13.0. The van der Waals surface area contributed by atoms with Crippen LogP contribution in [-0.2, 0) is 16.1 Å². The lowest BCUT2D eigenvalue weighted by Gasteiger charge is -2.33. The van der Waals surface area contributed by atoms with Crippen molar-refractivity contribution in [3.8, 4) is 11.5 Å². The maximum absolute atomic E-state index is 13.0. The SMILES string of the molecule is CC1CCC2(CC1)NC(=O)N(NC(=O)Cn1nc(-c3ccc(F)cc3)oc1=O)C2=O. The summed E-state index contributed by atoms with van der Waals surface area (Å²) >= 11 is 0. The number of benzene rings is 1. The smallest absolute Gasteiger partial charge is 0.388 e. The predicted molar refractivity (Wildman–Crippen MR) is 100 cm³/mol. The van der Waals surface area contributed by atoms with Crippen LogP contribution in [0.3, 0.4) is 0 Å². The molecule has 2 fully saturated rings. The quantitative estimate of drug-likeness (QED) is 0.720. The number of carbonyl (C=O) groups is 3. The summed E-state index contributed by atoms with van der Waals surface area (Å²) in [6.07, 6.45) is 2.62. The molecule has 158 valence electrons. The molecule has 4 amide bonds. The van der Waals surface area contributed by atoms with Gasteiger partial charge in [-0.25, -0.2) is 14.0 Å². The molecular weight excluding hydrogens is 397 g/mol. The monoisotopic (exact) mass is 417 g/mol. The molecule has 1 aromatic carbocycles. The van der Waals surface area contributed by atoms with Gasteiger partial charge in [0.05, 0.1) is 0 Å². The van der Waals surface area contributed by atoms with Crippen LogP contribution >= 0.6 is 0 Å². The van der Waals surface area contributed by atoms with Crippen LogP contribution < -0.4 is 16.5 Å². The Kier molecular flexibility index (Phi) is 4.88. The first-order chi connectivity index (χ1) is 14.3. The summed E-state index contributed by atoms with van der Waals surface area (Å²) in [4.78, 5) is 49.3. The fourth-order valence-corrected chi connectivity index (χ4v) is 3.73. The molecule has 1 saturated heterocycles. The molecule has 2 aromatic rings. The Hall–Kier alpha value is -3.50. The van der Waals surface area contributed by atoms with Crippen LogP contribution in [0.1, 0.15) is 32.6 Å². The number of aromatic nitrogens is 2. The zero-order valence-electron chi connectivity index (χ0n) is 16.2. The second-order valence-corrected chi connectivity index (χ2v) is 7.71. The Morgan fingerprint density at radius 3 is 2.60 bits per heavy atom. The molecule has 2 aliphatic rings. The highest BCUT2D eigenvalue weighted by Gasteiger charge is 2.52. The van der Waals surface area contributed by atoms with E-state index in [1.807, 2.05) is 0 Å². The third-order valence-corrected chi connectivity index (χ3v) is 5.52. The second-order valence-electron chi connectivity index (χ2n) is 7.71. The summed E-state index contributed by atoms with van der Waals surface area (Å²) in [6.45, 7) is 1.52. The number of urea groups is 1. The lowest BCUT2D eigenvalue weighted by Crippen LogP contribution is -2.52. The largest absolute Gasteiger partial charge is 0.437 e. The molecule has 1 aliphatic carbocycles. The first kappa shape index (κ1) is 19.8. The van der Waals surface area contributed by atoms with Crippen LogP contribution in [0.4, 0.5) is 9.18 Å². The van der Waals surface area contributed by atoms with Crippen LogP contribution in [0.25, 0.3) is 11.5 Å². The van der Waals surface area contributed by atoms with Crippen LogP contribution in [-0.4, -0.2) is 38.2 Å². The lowest BCUT2D eigenvalue weighted by molar-refractivity contribution is -0.140. The van der Waals surface area contributed by atoms with Crippen LogP contribution in [0.2, 0.25) is 0 Å². The molecule has 1 aromatic heterocycles. The summed E-state index contributed by atoms with van der Waals surface area (Å²) < 4.78 is 18.8. The normalized spacial score (nSPS) is 23.7. The molecule has 0 unspecified atom stereocenters. The minimum atomic E-state index is -0.989. The number of imide groups is 1. The average Bonchev–Trinajstić information content (AvgIpc) is 3.17. The standard InChI is InChI=1S/C19H20FN5O5/c1-11-6-8-19(9-7-11)16(27)25(17(28)21-19)22-14(26)10-24-18(29)30-15(23-24)12-2-4-13(20)5-3-12/h2-5,11H,6-10H2,1H3,(H,21,28)(H,22,26). The van der Waals surface area contributed by atoms with Gasteiger partial charge in [0, 0.05) is 5.56 Å². The topological polar surface area (TPSA) is 127 Å². The van der Waals surface area contributed by atoms with Crippen molar-refractivity contribution in [2.75, 3.05) is 0 Å². The summed E-state index contributed by atoms with van der Waals surface area (Å²) in [6, 6.07) is 4.41. The number of halogens is 1. The molecule has 4 rings (SSSR count). The van der Waals surface area contributed by atoms with E-state index in [1.54, 1.807) is 0 Å². The van der Waals surface area contributed by atoms with Gasteiger partial charge < -0.3 is 9.73 Å². The number of hydrogen-bond acceptors (Lipinski definition) is 6. The van der Waals surface area contributed by atoms with Crippen LogP contribution in [0.5, 0.6) is 0 Å². The van der Waals surface area contributed by atoms with Gasteiger partial charge in [0.15, 0.2) is 0 Å². The number of nitrogens with one attached hydrogen (secondary N) is 2. The summed E-state index contributed by atoms with van der Waals surface area (Å²) in [5, 5.41) is 7.25. The number of amides is 4. The number of hydrazine groups is 1. The molecule has 1 spiro atoms. The van der Waals surface area contributed by atoms with Gasteiger partial charge in [-0.3, -0.25) is 15.0 Å². The van der Waals surface area contributed by atoms with Crippen LogP contribution in [0.15, 0.2) is 33.5 Å². The third kappa shape index (κ3) is 3.58. The van der Waals surface area contributed by atoms with E-state index in [0.29, 0.717) is 29.3 Å². The summed E-state index contributed by atoms with van der Waals surface area (Å²) in [5.74, 6) is -2.28. The number of rotatable bonds is 4. The predicted octanol–water partition coefficient (Wildman–Crippen LogP) is 1.17. The van der Waals surface area contributed by atoms with Gasteiger partial charge in [-0.05, 0) is 55.9 Å². The fraction of sp³-hybridized carbons (Fsp3) is 0.421. The van der Waals surface area contributed by atoms with E-state index in [9.17, 15) is 23.6 Å². The summed E-state index contributed by atoms with van der Waals surface area (Å²) in [5.41, 5.74) is 1.60. The Morgan fingerprint density at radius 2 is 1.93 bits per heavy atom. The Morgan fingerprint density at radius 1 is 1.27 bits per heavy atom. The van der Waals surface area contributed by atoms with Gasteiger partial charge in [0.2, 0.25) is 5.89 Å².